The molecular weight excluding hydrogens is 275 g/mol. The minimum atomic E-state index is -0.549. The molecule has 1 saturated heterocycles. The van der Waals surface area contributed by atoms with Crippen LogP contribution in [0.2, 0.25) is 0 Å². The van der Waals surface area contributed by atoms with E-state index in [-0.39, 0.29) is 30.0 Å². The zero-order valence-electron chi connectivity index (χ0n) is 12.4. The minimum Gasteiger partial charge on any atom is -0.494 e. The SMILES string of the molecule is CCC(C)C1NC(=O)CN(c2ccc(F)c(OC)c2)C1=O. The summed E-state index contributed by atoms with van der Waals surface area (Å²) in [7, 11) is 1.36. The van der Waals surface area contributed by atoms with Crippen LogP contribution in [0.4, 0.5) is 10.1 Å². The van der Waals surface area contributed by atoms with Crippen LogP contribution in [0.3, 0.4) is 0 Å². The molecule has 0 aromatic heterocycles. The van der Waals surface area contributed by atoms with Gasteiger partial charge in [0.25, 0.3) is 0 Å². The van der Waals surface area contributed by atoms with Gasteiger partial charge in [0.15, 0.2) is 11.6 Å². The van der Waals surface area contributed by atoms with Crippen LogP contribution in [-0.2, 0) is 9.59 Å². The lowest BCUT2D eigenvalue weighted by molar-refractivity contribution is -0.132. The fourth-order valence-corrected chi connectivity index (χ4v) is 2.33. The fraction of sp³-hybridized carbons (Fsp3) is 0.467. The maximum atomic E-state index is 13.5. The van der Waals surface area contributed by atoms with Crippen LogP contribution in [0, 0.1) is 11.7 Å². The number of amides is 2. The Labute approximate surface area is 123 Å². The van der Waals surface area contributed by atoms with Crippen molar-refractivity contribution in [3.63, 3.8) is 0 Å². The van der Waals surface area contributed by atoms with Crippen LogP contribution < -0.4 is 15.0 Å². The van der Waals surface area contributed by atoms with Crippen molar-refractivity contribution in [3.8, 4) is 5.75 Å². The summed E-state index contributed by atoms with van der Waals surface area (Å²) >= 11 is 0. The molecule has 1 aliphatic rings. The highest BCUT2D eigenvalue weighted by Crippen LogP contribution is 2.27. The van der Waals surface area contributed by atoms with E-state index in [9.17, 15) is 14.0 Å². The summed E-state index contributed by atoms with van der Waals surface area (Å²) < 4.78 is 18.4. The van der Waals surface area contributed by atoms with E-state index in [0.717, 1.165) is 6.42 Å². The van der Waals surface area contributed by atoms with Crippen LogP contribution in [0.5, 0.6) is 5.75 Å². The highest BCUT2D eigenvalue weighted by Gasteiger charge is 2.36. The van der Waals surface area contributed by atoms with Gasteiger partial charge in [-0.15, -0.1) is 0 Å². The van der Waals surface area contributed by atoms with Gasteiger partial charge in [0.1, 0.15) is 12.6 Å². The molecule has 1 aromatic carbocycles. The summed E-state index contributed by atoms with van der Waals surface area (Å²) in [5, 5.41) is 2.72. The summed E-state index contributed by atoms with van der Waals surface area (Å²) in [4.78, 5) is 25.7. The molecule has 6 heteroatoms. The number of nitrogens with zero attached hydrogens (tertiary/aromatic N) is 1. The van der Waals surface area contributed by atoms with Gasteiger partial charge >= 0.3 is 0 Å². The average molecular weight is 294 g/mol. The summed E-state index contributed by atoms with van der Waals surface area (Å²) in [6.07, 6.45) is 0.775. The molecule has 2 amide bonds. The third-order valence-electron chi connectivity index (χ3n) is 3.81. The molecule has 0 aliphatic carbocycles. The molecule has 0 radical (unpaired) electrons. The first-order chi connectivity index (χ1) is 9.97. The van der Waals surface area contributed by atoms with E-state index in [1.807, 2.05) is 13.8 Å². The zero-order chi connectivity index (χ0) is 15.6. The maximum Gasteiger partial charge on any atom is 0.250 e. The quantitative estimate of drug-likeness (QED) is 0.919. The molecule has 1 aromatic rings. The number of rotatable bonds is 4. The topological polar surface area (TPSA) is 58.6 Å². The van der Waals surface area contributed by atoms with Crippen molar-refractivity contribution in [2.24, 2.45) is 5.92 Å². The lowest BCUT2D eigenvalue weighted by Crippen LogP contribution is -2.60. The predicted molar refractivity (Wildman–Crippen MR) is 76.7 cm³/mol. The van der Waals surface area contributed by atoms with Crippen molar-refractivity contribution >= 4 is 17.5 Å². The van der Waals surface area contributed by atoms with Crippen molar-refractivity contribution in [3.05, 3.63) is 24.0 Å². The lowest BCUT2D eigenvalue weighted by atomic mass is 9.96. The number of piperazine rings is 1. The molecule has 0 spiro atoms. The minimum absolute atomic E-state index is 0.0339. The molecule has 5 nitrogen and oxygen atoms in total. The second-order valence-corrected chi connectivity index (χ2v) is 5.17. The Balaban J connectivity index is 2.33. The fourth-order valence-electron chi connectivity index (χ4n) is 2.33. The largest absolute Gasteiger partial charge is 0.494 e. The first-order valence-electron chi connectivity index (χ1n) is 6.92. The van der Waals surface area contributed by atoms with Crippen LogP contribution in [-0.4, -0.2) is 31.5 Å². The van der Waals surface area contributed by atoms with Gasteiger partial charge in [0, 0.05) is 11.8 Å². The number of nitrogens with one attached hydrogen (secondary N) is 1. The van der Waals surface area contributed by atoms with Crippen molar-refractivity contribution in [1.29, 1.82) is 0 Å². The van der Waals surface area contributed by atoms with E-state index in [4.69, 9.17) is 4.74 Å². The Morgan fingerprint density at radius 1 is 1.48 bits per heavy atom. The Hall–Kier alpha value is -2.11. The number of carbonyl (C=O) groups is 2. The van der Waals surface area contributed by atoms with Crippen molar-refractivity contribution in [2.75, 3.05) is 18.6 Å². The number of benzene rings is 1. The van der Waals surface area contributed by atoms with Gasteiger partial charge in [-0.05, 0) is 18.1 Å². The van der Waals surface area contributed by atoms with Crippen molar-refractivity contribution < 1.29 is 18.7 Å². The summed E-state index contributed by atoms with van der Waals surface area (Å²) in [5.41, 5.74) is 0.460. The lowest BCUT2D eigenvalue weighted by Gasteiger charge is -2.35. The predicted octanol–water partition coefficient (Wildman–Crippen LogP) is 1.71. The number of methoxy groups -OCH3 is 1. The van der Waals surface area contributed by atoms with Crippen LogP contribution in [0.1, 0.15) is 20.3 Å². The molecule has 0 bridgehead atoms. The number of hydrogen-bond acceptors (Lipinski definition) is 3. The molecule has 2 rings (SSSR count). The Kier molecular flexibility index (Phi) is 4.45. The van der Waals surface area contributed by atoms with Crippen LogP contribution in [0.25, 0.3) is 0 Å². The maximum absolute atomic E-state index is 13.5. The summed E-state index contributed by atoms with van der Waals surface area (Å²) in [5.74, 6) is -0.826. The molecule has 2 unspecified atom stereocenters. The number of halogens is 1. The van der Waals surface area contributed by atoms with E-state index in [1.165, 1.54) is 30.2 Å². The van der Waals surface area contributed by atoms with E-state index < -0.39 is 11.9 Å². The number of carbonyl (C=O) groups excluding carboxylic acids is 2. The van der Waals surface area contributed by atoms with Gasteiger partial charge in [-0.3, -0.25) is 9.59 Å². The van der Waals surface area contributed by atoms with E-state index in [0.29, 0.717) is 5.69 Å². The van der Waals surface area contributed by atoms with Gasteiger partial charge in [-0.1, -0.05) is 20.3 Å². The van der Waals surface area contributed by atoms with E-state index >= 15 is 0 Å². The van der Waals surface area contributed by atoms with Crippen LogP contribution >= 0.6 is 0 Å². The Morgan fingerprint density at radius 3 is 2.81 bits per heavy atom. The second kappa shape index (κ2) is 6.11. The standard InChI is InChI=1S/C15H19FN2O3/c1-4-9(2)14-15(20)18(8-13(19)17-14)10-5-6-11(16)12(7-10)21-3/h5-7,9,14H,4,8H2,1-3H3,(H,17,19). The molecule has 1 fully saturated rings. The third kappa shape index (κ3) is 2.99. The molecule has 1 N–H and O–H groups in total. The summed E-state index contributed by atoms with van der Waals surface area (Å²) in [6.45, 7) is 3.81. The smallest absolute Gasteiger partial charge is 0.250 e. The molecule has 2 atom stereocenters. The molecule has 114 valence electrons. The Morgan fingerprint density at radius 2 is 2.19 bits per heavy atom. The van der Waals surface area contributed by atoms with Gasteiger partial charge in [-0.2, -0.15) is 0 Å². The number of hydrogen-bond donors (Lipinski definition) is 1. The van der Waals surface area contributed by atoms with Gasteiger partial charge < -0.3 is 15.0 Å². The molecule has 1 aliphatic heterocycles. The van der Waals surface area contributed by atoms with Crippen molar-refractivity contribution in [1.82, 2.24) is 5.32 Å². The highest BCUT2D eigenvalue weighted by molar-refractivity contribution is 6.06. The second-order valence-electron chi connectivity index (χ2n) is 5.17. The molecule has 0 saturated carbocycles. The van der Waals surface area contributed by atoms with Gasteiger partial charge in [0.2, 0.25) is 11.8 Å². The van der Waals surface area contributed by atoms with E-state index in [2.05, 4.69) is 5.32 Å². The normalized spacial score (nSPS) is 20.2. The Bertz CT molecular complexity index is 562. The summed E-state index contributed by atoms with van der Waals surface area (Å²) in [6, 6.07) is 3.58. The first-order valence-corrected chi connectivity index (χ1v) is 6.92. The van der Waals surface area contributed by atoms with Gasteiger partial charge in [-0.25, -0.2) is 4.39 Å². The first kappa shape index (κ1) is 15.3. The number of ether oxygens (including phenoxy) is 1. The van der Waals surface area contributed by atoms with Crippen LogP contribution in [0.15, 0.2) is 18.2 Å². The molecular formula is C15H19FN2O3. The van der Waals surface area contributed by atoms with Crippen molar-refractivity contribution in [2.45, 2.75) is 26.3 Å². The van der Waals surface area contributed by atoms with E-state index in [1.54, 1.807) is 0 Å². The zero-order valence-corrected chi connectivity index (χ0v) is 12.4. The van der Waals surface area contributed by atoms with Gasteiger partial charge in [0.05, 0.1) is 7.11 Å². The average Bonchev–Trinajstić information content (AvgIpc) is 2.49. The number of anilines is 1. The monoisotopic (exact) mass is 294 g/mol. The molecule has 1 heterocycles. The highest BCUT2D eigenvalue weighted by atomic mass is 19.1. The third-order valence-corrected chi connectivity index (χ3v) is 3.81. The molecule has 21 heavy (non-hydrogen) atoms.